The van der Waals surface area contributed by atoms with E-state index in [2.05, 4.69) is 47.6 Å². The van der Waals surface area contributed by atoms with Crippen molar-refractivity contribution in [3.63, 3.8) is 0 Å². The van der Waals surface area contributed by atoms with Gasteiger partial charge in [-0.1, -0.05) is 23.2 Å². The van der Waals surface area contributed by atoms with Crippen molar-refractivity contribution < 1.29 is 22.4 Å². The number of benzene rings is 1. The summed E-state index contributed by atoms with van der Waals surface area (Å²) < 4.78 is 48.1. The molecule has 3 aromatic rings. The highest BCUT2D eigenvalue weighted by atomic mass is 79.9. The smallest absolute Gasteiger partial charge is 0.410 e. The third-order valence-corrected chi connectivity index (χ3v) is 6.54. The van der Waals surface area contributed by atoms with Gasteiger partial charge in [0, 0.05) is 12.1 Å². The minimum atomic E-state index is -4.60. The summed E-state index contributed by atoms with van der Waals surface area (Å²) in [5.41, 5.74) is 0.0972. The largest absolute Gasteiger partial charge is 0.452 e. The third kappa shape index (κ3) is 4.46. The predicted molar refractivity (Wildman–Crippen MR) is 117 cm³/mol. The number of amides is 1. The van der Waals surface area contributed by atoms with E-state index in [1.165, 1.54) is 18.2 Å². The lowest BCUT2D eigenvalue weighted by molar-refractivity contribution is -0.174. The molecule has 0 fully saturated rings. The maximum atomic E-state index is 13.8. The molecule has 0 bridgehead atoms. The molecule has 1 aliphatic heterocycles. The predicted octanol–water partition coefficient (Wildman–Crippen LogP) is 7.22. The van der Waals surface area contributed by atoms with Crippen molar-refractivity contribution in [2.24, 2.45) is 0 Å². The number of alkyl halides is 3. The van der Waals surface area contributed by atoms with Gasteiger partial charge in [0.05, 0.1) is 20.6 Å². The van der Waals surface area contributed by atoms with Crippen LogP contribution in [0.25, 0.3) is 0 Å². The van der Waals surface area contributed by atoms with Crippen molar-refractivity contribution in [2.75, 3.05) is 10.6 Å². The average Bonchev–Trinajstić information content (AvgIpc) is 3.27. The lowest BCUT2D eigenvalue weighted by atomic mass is 10.0. The molecule has 164 valence electrons. The Balaban J connectivity index is 1.69. The number of nitrogens with one attached hydrogen (secondary N) is 2. The summed E-state index contributed by atoms with van der Waals surface area (Å²) in [4.78, 5) is 12.7. The second kappa shape index (κ2) is 8.34. The SMILES string of the molecule is O=C(Nc1ccc(Cl)c(Cl)c1)c1nn2c(c1Br)N[C@@H](c1ccc(Br)o1)C[C@@H]2C(F)(F)F. The first-order chi connectivity index (χ1) is 14.5. The molecule has 0 unspecified atom stereocenters. The average molecular weight is 603 g/mol. The number of halogens is 7. The second-order valence-electron chi connectivity index (χ2n) is 6.67. The Morgan fingerprint density at radius 2 is 1.97 bits per heavy atom. The Kier molecular flexibility index (Phi) is 6.06. The van der Waals surface area contributed by atoms with Crippen molar-refractivity contribution in [1.82, 2.24) is 9.78 Å². The first-order valence-corrected chi connectivity index (χ1v) is 11.0. The van der Waals surface area contributed by atoms with Crippen LogP contribution < -0.4 is 10.6 Å². The van der Waals surface area contributed by atoms with Gasteiger partial charge in [-0.05, 0) is 62.2 Å². The van der Waals surface area contributed by atoms with Crippen LogP contribution in [0.1, 0.15) is 34.8 Å². The van der Waals surface area contributed by atoms with Crippen LogP contribution in [0.4, 0.5) is 24.7 Å². The lowest BCUT2D eigenvalue weighted by Crippen LogP contribution is -2.35. The van der Waals surface area contributed by atoms with Crippen LogP contribution in [0, 0.1) is 0 Å². The summed E-state index contributed by atoms with van der Waals surface area (Å²) in [7, 11) is 0. The van der Waals surface area contributed by atoms with Gasteiger partial charge in [-0.25, -0.2) is 4.68 Å². The molecule has 1 amide bonds. The number of hydrogen-bond donors (Lipinski definition) is 2. The standard InChI is InChI=1S/C18H11Br2Cl2F3N4O2/c19-13-4-3-11(31-13)10-6-12(18(23,24)25)29-16(27-10)14(20)15(28-29)17(30)26-7-1-2-8(21)9(22)5-7/h1-5,10,12,27H,6H2,(H,26,30)/t10-,12-/m1/s1. The topological polar surface area (TPSA) is 72.1 Å². The zero-order valence-corrected chi connectivity index (χ0v) is 19.8. The van der Waals surface area contributed by atoms with Crippen molar-refractivity contribution in [3.05, 3.63) is 61.0 Å². The molecule has 2 N–H and O–H groups in total. The lowest BCUT2D eigenvalue weighted by Gasteiger charge is -2.32. The monoisotopic (exact) mass is 600 g/mol. The van der Waals surface area contributed by atoms with Crippen LogP contribution in [-0.2, 0) is 0 Å². The Bertz CT molecular complexity index is 1170. The van der Waals surface area contributed by atoms with Crippen molar-refractivity contribution in [3.8, 4) is 0 Å². The zero-order valence-electron chi connectivity index (χ0n) is 15.1. The van der Waals surface area contributed by atoms with Crippen molar-refractivity contribution in [1.29, 1.82) is 0 Å². The van der Waals surface area contributed by atoms with Crippen LogP contribution >= 0.6 is 55.1 Å². The number of hydrogen-bond acceptors (Lipinski definition) is 4. The summed E-state index contributed by atoms with van der Waals surface area (Å²) in [5.74, 6) is -0.375. The van der Waals surface area contributed by atoms with Crippen LogP contribution in [0.3, 0.4) is 0 Å². The number of rotatable bonds is 3. The van der Waals surface area contributed by atoms with Crippen LogP contribution in [0.2, 0.25) is 10.0 Å². The maximum Gasteiger partial charge on any atom is 0.410 e. The minimum Gasteiger partial charge on any atom is -0.452 e. The molecule has 0 spiro atoms. The van der Waals surface area contributed by atoms with Crippen molar-refractivity contribution >= 4 is 72.5 Å². The Morgan fingerprint density at radius 3 is 2.58 bits per heavy atom. The van der Waals surface area contributed by atoms with Gasteiger partial charge in [-0.15, -0.1) is 0 Å². The van der Waals surface area contributed by atoms with Gasteiger partial charge in [0.1, 0.15) is 11.6 Å². The van der Waals surface area contributed by atoms with Crippen LogP contribution in [-0.4, -0.2) is 21.9 Å². The molecule has 3 heterocycles. The van der Waals surface area contributed by atoms with Crippen molar-refractivity contribution in [2.45, 2.75) is 24.7 Å². The fourth-order valence-corrected chi connectivity index (χ4v) is 4.37. The zero-order chi connectivity index (χ0) is 22.5. The molecule has 2 atom stereocenters. The molecule has 31 heavy (non-hydrogen) atoms. The number of anilines is 2. The van der Waals surface area contributed by atoms with E-state index in [0.29, 0.717) is 21.1 Å². The number of carbonyl (C=O) groups is 1. The molecule has 0 aliphatic carbocycles. The number of aromatic nitrogens is 2. The van der Waals surface area contributed by atoms with Gasteiger partial charge < -0.3 is 15.1 Å². The van der Waals surface area contributed by atoms with Gasteiger partial charge >= 0.3 is 6.18 Å². The molecule has 1 aromatic carbocycles. The van der Waals surface area contributed by atoms with Crippen LogP contribution in [0.5, 0.6) is 0 Å². The van der Waals surface area contributed by atoms with E-state index in [9.17, 15) is 18.0 Å². The summed E-state index contributed by atoms with van der Waals surface area (Å²) >= 11 is 18.2. The Hall–Kier alpha value is -1.69. The van der Waals surface area contributed by atoms with E-state index in [4.69, 9.17) is 27.6 Å². The summed E-state index contributed by atoms with van der Waals surface area (Å²) in [5, 5.41) is 9.99. The van der Waals surface area contributed by atoms with E-state index in [1.54, 1.807) is 12.1 Å². The Morgan fingerprint density at radius 1 is 1.23 bits per heavy atom. The highest BCUT2D eigenvalue weighted by Gasteiger charge is 2.48. The van der Waals surface area contributed by atoms with E-state index in [-0.39, 0.29) is 27.4 Å². The number of carbonyl (C=O) groups excluding carboxylic acids is 1. The molecule has 0 saturated heterocycles. The summed E-state index contributed by atoms with van der Waals surface area (Å²) in [6.45, 7) is 0. The van der Waals surface area contributed by atoms with Gasteiger partial charge in [-0.2, -0.15) is 18.3 Å². The molecule has 4 rings (SSSR count). The fourth-order valence-electron chi connectivity index (χ4n) is 3.20. The van der Waals surface area contributed by atoms with Gasteiger partial charge in [0.15, 0.2) is 16.4 Å². The van der Waals surface area contributed by atoms with E-state index in [1.807, 2.05) is 0 Å². The Labute approximate surface area is 200 Å². The van der Waals surface area contributed by atoms with Gasteiger partial charge in [0.25, 0.3) is 5.91 Å². The highest BCUT2D eigenvalue weighted by molar-refractivity contribution is 9.10. The minimum absolute atomic E-state index is 0.0189. The highest BCUT2D eigenvalue weighted by Crippen LogP contribution is 2.46. The second-order valence-corrected chi connectivity index (χ2v) is 9.06. The maximum absolute atomic E-state index is 13.8. The molecule has 13 heteroatoms. The normalized spacial score (nSPS) is 18.4. The molecular formula is C18H11Br2Cl2F3N4O2. The number of nitrogens with zero attached hydrogens (tertiary/aromatic N) is 2. The molecule has 2 aromatic heterocycles. The van der Waals surface area contributed by atoms with E-state index in [0.717, 1.165) is 4.68 Å². The molecule has 0 saturated carbocycles. The van der Waals surface area contributed by atoms with Crippen LogP contribution in [0.15, 0.2) is 43.9 Å². The summed E-state index contributed by atoms with van der Waals surface area (Å²) in [6.07, 6.45) is -4.96. The van der Waals surface area contributed by atoms with Gasteiger partial charge in [0.2, 0.25) is 0 Å². The first-order valence-electron chi connectivity index (χ1n) is 8.67. The number of furan rings is 1. The third-order valence-electron chi connectivity index (χ3n) is 4.63. The fraction of sp³-hybridized carbons (Fsp3) is 0.222. The molecular weight excluding hydrogens is 592 g/mol. The quantitative estimate of drug-likeness (QED) is 0.332. The van der Waals surface area contributed by atoms with Gasteiger partial charge in [-0.3, -0.25) is 4.79 Å². The molecule has 6 nitrogen and oxygen atoms in total. The number of fused-ring (bicyclic) bond motifs is 1. The molecule has 0 radical (unpaired) electrons. The first kappa shape index (κ1) is 22.5. The summed E-state index contributed by atoms with van der Waals surface area (Å²) in [6, 6.07) is 4.86. The molecule has 1 aliphatic rings. The van der Waals surface area contributed by atoms with E-state index >= 15 is 0 Å². The van der Waals surface area contributed by atoms with E-state index < -0.39 is 24.2 Å².